The van der Waals surface area contributed by atoms with Gasteiger partial charge >= 0.3 is 0 Å². The van der Waals surface area contributed by atoms with Crippen molar-refractivity contribution in [2.45, 2.75) is 0 Å². The van der Waals surface area contributed by atoms with Gasteiger partial charge in [-0.15, -0.1) is 0 Å². The maximum atomic E-state index is 11.9. The Morgan fingerprint density at radius 2 is 0.737 bits per heavy atom. The summed E-state index contributed by atoms with van der Waals surface area (Å²) in [4.78, 5) is 0. The van der Waals surface area contributed by atoms with Gasteiger partial charge in [0.25, 0.3) is 0 Å². The molecule has 9 aromatic carbocycles. The second kappa shape index (κ2) is 12.2. The van der Waals surface area contributed by atoms with Crippen LogP contribution >= 0.6 is 0 Å². The fourth-order valence-corrected chi connectivity index (χ4v) is 8.30. The molecule has 0 radical (unpaired) electrons. The zero-order valence-electron chi connectivity index (χ0n) is 29.7. The van der Waals surface area contributed by atoms with Crippen LogP contribution in [0.4, 0.5) is 0 Å². The fourth-order valence-electron chi connectivity index (χ4n) is 8.30. The van der Waals surface area contributed by atoms with Crippen LogP contribution in [0, 0.1) is 0 Å². The van der Waals surface area contributed by atoms with Crippen molar-refractivity contribution in [3.05, 3.63) is 133 Å². The molecule has 0 saturated carbocycles. The summed E-state index contributed by atoms with van der Waals surface area (Å²) in [5, 5.41) is 94.3. The van der Waals surface area contributed by atoms with Gasteiger partial charge in [-0.1, -0.05) is 115 Å². The Hall–Kier alpha value is -8.04. The van der Waals surface area contributed by atoms with Crippen molar-refractivity contribution >= 4 is 54.3 Å². The molecule has 276 valence electrons. The van der Waals surface area contributed by atoms with Gasteiger partial charge in [0, 0.05) is 43.4 Å². The van der Waals surface area contributed by atoms with Crippen LogP contribution in [0.1, 0.15) is 0 Å². The Morgan fingerprint density at radius 3 is 1.32 bits per heavy atom. The Balaban J connectivity index is 1.39. The molecule has 0 spiro atoms. The molecule has 1 aromatic heterocycles. The van der Waals surface area contributed by atoms with Gasteiger partial charge in [0.05, 0.1) is 0 Å². The van der Waals surface area contributed by atoms with E-state index in [1.807, 2.05) is 91.0 Å². The Kier molecular flexibility index (Phi) is 7.20. The van der Waals surface area contributed by atoms with Crippen LogP contribution in [-0.2, 0) is 0 Å². The lowest BCUT2D eigenvalue weighted by Gasteiger charge is -2.23. The second-order valence-corrected chi connectivity index (χ2v) is 14.0. The van der Waals surface area contributed by atoms with E-state index < -0.39 is 46.0 Å². The van der Waals surface area contributed by atoms with Crippen LogP contribution in [0.25, 0.3) is 98.8 Å². The Morgan fingerprint density at radius 1 is 0.298 bits per heavy atom. The minimum absolute atomic E-state index is 0.0343. The molecular weight excluding hydrogens is 721 g/mol. The predicted molar refractivity (Wildman–Crippen MR) is 221 cm³/mol. The smallest absolute Gasteiger partial charge is 0.204 e. The summed E-state index contributed by atoms with van der Waals surface area (Å²) in [6, 6.07) is 41.1. The first kappa shape index (κ1) is 33.5. The number of benzene rings is 9. The van der Waals surface area contributed by atoms with E-state index >= 15 is 0 Å². The minimum Gasteiger partial charge on any atom is -0.504 e. The number of phenolic OH excluding ortho intramolecular Hbond substituents is 8. The fraction of sp³-hybridized carbons (Fsp3) is 0. The number of hydrogen-bond acceptors (Lipinski definition) is 9. The van der Waals surface area contributed by atoms with Gasteiger partial charge in [-0.05, 0) is 62.4 Å². The summed E-state index contributed by atoms with van der Waals surface area (Å²) in [6.45, 7) is 0. The van der Waals surface area contributed by atoms with Crippen molar-refractivity contribution in [1.29, 1.82) is 0 Å². The Bertz CT molecular complexity index is 3230. The largest absolute Gasteiger partial charge is 0.504 e. The summed E-state index contributed by atoms with van der Waals surface area (Å²) in [5.41, 5.74) is 4.71. The molecule has 0 fully saturated rings. The van der Waals surface area contributed by atoms with Crippen LogP contribution in [0.5, 0.6) is 46.0 Å². The lowest BCUT2D eigenvalue weighted by Crippen LogP contribution is -1.96. The summed E-state index contributed by atoms with van der Waals surface area (Å²) in [5.74, 6) is -7.59. The highest BCUT2D eigenvalue weighted by Gasteiger charge is 2.34. The molecule has 0 aliphatic carbocycles. The third-order valence-electron chi connectivity index (χ3n) is 10.9. The highest BCUT2D eigenvalue weighted by molar-refractivity contribution is 6.32. The lowest BCUT2D eigenvalue weighted by molar-refractivity contribution is 0.350. The average molecular weight is 751 g/mol. The number of fused-ring (bicyclic) bond motifs is 6. The van der Waals surface area contributed by atoms with Gasteiger partial charge in [0.1, 0.15) is 11.2 Å². The van der Waals surface area contributed by atoms with E-state index in [0.717, 1.165) is 21.9 Å². The van der Waals surface area contributed by atoms with Gasteiger partial charge in [-0.25, -0.2) is 0 Å². The highest BCUT2D eigenvalue weighted by Crippen LogP contribution is 2.63. The standard InChI is InChI=1S/C48H30O9/c49-41-37-35(29-14-7-6-13-28(29)25-19-17-24(18-20-25)23-9-2-1-3-10-23)38-40(44(52)48(56)46(54)42(38)50)36(39(37)43(51)47(55)45(41)53)30-15-8-16-32-34(30)31-21-26-11-4-5-12-27(26)22-33(31)57-32/h1-22,49-56H. The van der Waals surface area contributed by atoms with Crippen LogP contribution in [-0.4, -0.2) is 40.9 Å². The van der Waals surface area contributed by atoms with Crippen LogP contribution in [0.3, 0.4) is 0 Å². The van der Waals surface area contributed by atoms with Gasteiger partial charge < -0.3 is 45.3 Å². The first-order chi connectivity index (χ1) is 27.6. The monoisotopic (exact) mass is 750 g/mol. The Labute approximate surface area is 322 Å². The van der Waals surface area contributed by atoms with Crippen LogP contribution < -0.4 is 0 Å². The predicted octanol–water partition coefficient (Wildman–Crippen LogP) is 11.4. The second-order valence-electron chi connectivity index (χ2n) is 14.0. The highest BCUT2D eigenvalue weighted by atomic mass is 16.4. The zero-order valence-corrected chi connectivity index (χ0v) is 29.7. The van der Waals surface area contributed by atoms with Crippen molar-refractivity contribution in [3.8, 4) is 90.5 Å². The molecule has 0 unspecified atom stereocenters. The number of furan rings is 1. The van der Waals surface area contributed by atoms with E-state index in [-0.39, 0.29) is 32.7 Å². The molecule has 0 bridgehead atoms. The van der Waals surface area contributed by atoms with Crippen LogP contribution in [0.2, 0.25) is 0 Å². The van der Waals surface area contributed by atoms with Crippen molar-refractivity contribution in [3.63, 3.8) is 0 Å². The molecule has 10 rings (SSSR count). The SMILES string of the molecule is Oc1c(O)c(O)c2c(-c3cccc4oc5cc6ccccc6cc5c34)c3c(O)c(O)c(O)c(O)c3c(-c3ccccc3-c3ccc(-c4ccccc4)cc3)c2c1O. The summed E-state index contributed by atoms with van der Waals surface area (Å²) in [7, 11) is 0. The molecule has 0 aliphatic heterocycles. The van der Waals surface area contributed by atoms with E-state index in [4.69, 9.17) is 4.42 Å². The van der Waals surface area contributed by atoms with Gasteiger partial charge in [-0.3, -0.25) is 0 Å². The number of rotatable bonds is 4. The number of aromatic hydroxyl groups is 8. The number of hydrogen-bond donors (Lipinski definition) is 8. The normalized spacial score (nSPS) is 11.7. The quantitative estimate of drug-likeness (QED) is 0.0494. The van der Waals surface area contributed by atoms with Gasteiger partial charge in [0.2, 0.25) is 23.0 Å². The molecule has 0 amide bonds. The van der Waals surface area contributed by atoms with Gasteiger partial charge in [0.15, 0.2) is 23.0 Å². The van der Waals surface area contributed by atoms with E-state index in [2.05, 4.69) is 0 Å². The molecule has 0 atom stereocenters. The maximum absolute atomic E-state index is 11.9. The molecule has 1 heterocycles. The summed E-state index contributed by atoms with van der Waals surface area (Å²) < 4.78 is 6.33. The van der Waals surface area contributed by atoms with Crippen LogP contribution in [0.15, 0.2) is 138 Å². The summed E-state index contributed by atoms with van der Waals surface area (Å²) in [6.07, 6.45) is 0. The zero-order chi connectivity index (χ0) is 39.3. The van der Waals surface area contributed by atoms with Crippen molar-refractivity contribution in [2.24, 2.45) is 0 Å². The third-order valence-corrected chi connectivity index (χ3v) is 10.9. The number of phenols is 8. The van der Waals surface area contributed by atoms with Crippen molar-refractivity contribution < 1.29 is 45.3 Å². The average Bonchev–Trinajstić information content (AvgIpc) is 3.62. The molecule has 8 N–H and O–H groups in total. The first-order valence-electron chi connectivity index (χ1n) is 18.0. The molecule has 9 heteroatoms. The minimum atomic E-state index is -1.04. The molecule has 0 saturated heterocycles. The van der Waals surface area contributed by atoms with Crippen molar-refractivity contribution in [2.75, 3.05) is 0 Å². The van der Waals surface area contributed by atoms with Gasteiger partial charge in [-0.2, -0.15) is 0 Å². The van der Waals surface area contributed by atoms with E-state index in [1.165, 1.54) is 0 Å². The first-order valence-corrected chi connectivity index (χ1v) is 18.0. The molecular formula is C48H30O9. The van der Waals surface area contributed by atoms with E-state index in [1.54, 1.807) is 42.5 Å². The van der Waals surface area contributed by atoms with E-state index in [9.17, 15) is 40.9 Å². The lowest BCUT2D eigenvalue weighted by atomic mass is 9.81. The van der Waals surface area contributed by atoms with E-state index in [0.29, 0.717) is 44.2 Å². The molecule has 57 heavy (non-hydrogen) atoms. The van der Waals surface area contributed by atoms with Crippen molar-refractivity contribution in [1.82, 2.24) is 0 Å². The molecule has 10 aromatic rings. The maximum Gasteiger partial charge on any atom is 0.204 e. The third kappa shape index (κ3) is 4.76. The topological polar surface area (TPSA) is 175 Å². The molecule has 9 nitrogen and oxygen atoms in total. The molecule has 0 aliphatic rings. The summed E-state index contributed by atoms with van der Waals surface area (Å²) >= 11 is 0.